The van der Waals surface area contributed by atoms with Gasteiger partial charge in [-0.3, -0.25) is 0 Å². The van der Waals surface area contributed by atoms with Crippen molar-refractivity contribution in [3.8, 4) is 0 Å². The summed E-state index contributed by atoms with van der Waals surface area (Å²) >= 11 is 0. The summed E-state index contributed by atoms with van der Waals surface area (Å²) < 4.78 is 5.55. The van der Waals surface area contributed by atoms with E-state index in [1.165, 1.54) is 64.2 Å². The van der Waals surface area contributed by atoms with E-state index < -0.39 is 0 Å². The highest BCUT2D eigenvalue weighted by Gasteiger charge is 2.12. The fraction of sp³-hybridized carbons (Fsp3) is 0.778. The predicted molar refractivity (Wildman–Crippen MR) is 87.0 cm³/mol. The first-order chi connectivity index (χ1) is 9.88. The first kappa shape index (κ1) is 17.3. The molecule has 2 heteroatoms. The van der Waals surface area contributed by atoms with Crippen molar-refractivity contribution in [3.05, 3.63) is 24.2 Å². The van der Waals surface area contributed by atoms with Gasteiger partial charge in [-0.1, -0.05) is 65.2 Å². The lowest BCUT2D eigenvalue weighted by atomic mass is 10.0. The molecule has 0 fully saturated rings. The fourth-order valence-corrected chi connectivity index (χ4v) is 2.64. The molecule has 1 rings (SSSR count). The topological polar surface area (TPSA) is 25.2 Å². The maximum absolute atomic E-state index is 5.55. The minimum absolute atomic E-state index is 0.407. The smallest absolute Gasteiger partial charge is 0.120 e. The van der Waals surface area contributed by atoms with Gasteiger partial charge in [-0.15, -0.1) is 0 Å². The maximum Gasteiger partial charge on any atom is 0.120 e. The molecule has 0 aliphatic rings. The molecule has 0 saturated heterocycles. The van der Waals surface area contributed by atoms with Gasteiger partial charge in [0.2, 0.25) is 0 Å². The van der Waals surface area contributed by atoms with Gasteiger partial charge in [0.15, 0.2) is 0 Å². The van der Waals surface area contributed by atoms with Crippen molar-refractivity contribution in [2.24, 2.45) is 0 Å². The van der Waals surface area contributed by atoms with E-state index in [9.17, 15) is 0 Å². The van der Waals surface area contributed by atoms with E-state index in [1.807, 2.05) is 6.07 Å². The number of rotatable bonds is 13. The number of nitrogens with one attached hydrogen (secondary N) is 1. The van der Waals surface area contributed by atoms with Crippen LogP contribution in [-0.4, -0.2) is 6.54 Å². The zero-order chi connectivity index (χ0) is 14.5. The van der Waals surface area contributed by atoms with Gasteiger partial charge in [0.1, 0.15) is 5.76 Å². The number of hydrogen-bond acceptors (Lipinski definition) is 2. The van der Waals surface area contributed by atoms with Crippen LogP contribution in [0.2, 0.25) is 0 Å². The second kappa shape index (κ2) is 12.0. The largest absolute Gasteiger partial charge is 0.468 e. The first-order valence-corrected chi connectivity index (χ1v) is 8.65. The highest BCUT2D eigenvalue weighted by atomic mass is 16.3. The molecule has 1 unspecified atom stereocenters. The third-order valence-corrected chi connectivity index (χ3v) is 3.87. The summed E-state index contributed by atoms with van der Waals surface area (Å²) in [5.74, 6) is 1.10. The maximum atomic E-state index is 5.55. The Kier molecular flexibility index (Phi) is 10.4. The number of unbranched alkanes of at least 4 members (excludes halogenated alkanes) is 7. The molecule has 0 aliphatic carbocycles. The van der Waals surface area contributed by atoms with E-state index in [0.29, 0.717) is 6.04 Å². The van der Waals surface area contributed by atoms with Gasteiger partial charge in [-0.2, -0.15) is 0 Å². The van der Waals surface area contributed by atoms with Gasteiger partial charge in [0.25, 0.3) is 0 Å². The Balaban J connectivity index is 2.10. The minimum Gasteiger partial charge on any atom is -0.468 e. The molecule has 2 nitrogen and oxygen atoms in total. The summed E-state index contributed by atoms with van der Waals surface area (Å²) in [6, 6.07) is 4.49. The van der Waals surface area contributed by atoms with Gasteiger partial charge >= 0.3 is 0 Å². The molecule has 1 N–H and O–H groups in total. The van der Waals surface area contributed by atoms with Crippen molar-refractivity contribution in [1.82, 2.24) is 5.32 Å². The molecule has 0 aliphatic heterocycles. The lowest BCUT2D eigenvalue weighted by molar-refractivity contribution is 0.383. The standard InChI is InChI=1S/C18H33NO/c1-3-5-6-7-8-9-10-11-13-17(19-15-4-2)18-14-12-16-20-18/h12,14,16-17,19H,3-11,13,15H2,1-2H3. The summed E-state index contributed by atoms with van der Waals surface area (Å²) in [6.45, 7) is 5.56. The van der Waals surface area contributed by atoms with Crippen LogP contribution in [0, 0.1) is 0 Å². The van der Waals surface area contributed by atoms with Crippen LogP contribution in [0.3, 0.4) is 0 Å². The van der Waals surface area contributed by atoms with Crippen LogP contribution in [0.5, 0.6) is 0 Å². The van der Waals surface area contributed by atoms with Crippen LogP contribution < -0.4 is 5.32 Å². The molecule has 20 heavy (non-hydrogen) atoms. The van der Waals surface area contributed by atoms with Crippen molar-refractivity contribution in [1.29, 1.82) is 0 Å². The molecule has 1 atom stereocenters. The van der Waals surface area contributed by atoms with E-state index in [0.717, 1.165) is 12.3 Å². The second-order valence-electron chi connectivity index (χ2n) is 5.79. The molecule has 1 aromatic heterocycles. The van der Waals surface area contributed by atoms with Crippen molar-refractivity contribution in [3.63, 3.8) is 0 Å². The van der Waals surface area contributed by atoms with Crippen molar-refractivity contribution in [2.75, 3.05) is 6.54 Å². The Labute approximate surface area is 125 Å². The molecule has 0 saturated carbocycles. The summed E-state index contributed by atoms with van der Waals surface area (Å²) in [6.07, 6.45) is 15.2. The zero-order valence-corrected chi connectivity index (χ0v) is 13.5. The quantitative estimate of drug-likeness (QED) is 0.458. The van der Waals surface area contributed by atoms with Crippen molar-refractivity contribution >= 4 is 0 Å². The van der Waals surface area contributed by atoms with Crippen LogP contribution in [0.25, 0.3) is 0 Å². The summed E-state index contributed by atoms with van der Waals surface area (Å²) in [5, 5.41) is 3.60. The summed E-state index contributed by atoms with van der Waals surface area (Å²) in [4.78, 5) is 0. The molecule has 0 spiro atoms. The molecular formula is C18H33NO. The molecule has 1 heterocycles. The molecule has 0 bridgehead atoms. The van der Waals surface area contributed by atoms with Gasteiger partial charge in [0.05, 0.1) is 12.3 Å². The van der Waals surface area contributed by atoms with E-state index in [2.05, 4.69) is 25.2 Å². The monoisotopic (exact) mass is 279 g/mol. The SMILES string of the molecule is CCCCCCCCCCC(NCCC)c1ccco1. The third-order valence-electron chi connectivity index (χ3n) is 3.87. The van der Waals surface area contributed by atoms with Gasteiger partial charge in [-0.25, -0.2) is 0 Å². The molecule has 116 valence electrons. The van der Waals surface area contributed by atoms with Gasteiger partial charge < -0.3 is 9.73 Å². The van der Waals surface area contributed by atoms with Crippen molar-refractivity contribution in [2.45, 2.75) is 84.1 Å². The fourth-order valence-electron chi connectivity index (χ4n) is 2.64. The van der Waals surface area contributed by atoms with Crippen LogP contribution in [0.4, 0.5) is 0 Å². The Morgan fingerprint density at radius 1 is 0.950 bits per heavy atom. The van der Waals surface area contributed by atoms with Crippen LogP contribution in [-0.2, 0) is 0 Å². The Hall–Kier alpha value is -0.760. The molecule has 0 aromatic carbocycles. The average Bonchev–Trinajstić information content (AvgIpc) is 2.99. The van der Waals surface area contributed by atoms with Crippen molar-refractivity contribution < 1.29 is 4.42 Å². The molecule has 1 aromatic rings. The second-order valence-corrected chi connectivity index (χ2v) is 5.79. The lowest BCUT2D eigenvalue weighted by Gasteiger charge is -2.16. The highest BCUT2D eigenvalue weighted by Crippen LogP contribution is 2.21. The minimum atomic E-state index is 0.407. The Morgan fingerprint density at radius 2 is 1.65 bits per heavy atom. The van der Waals surface area contributed by atoms with Gasteiger partial charge in [-0.05, 0) is 31.5 Å². The van der Waals surface area contributed by atoms with Crippen LogP contribution in [0.15, 0.2) is 22.8 Å². The molecule has 0 radical (unpaired) electrons. The van der Waals surface area contributed by atoms with E-state index >= 15 is 0 Å². The number of furan rings is 1. The molecular weight excluding hydrogens is 246 g/mol. The summed E-state index contributed by atoms with van der Waals surface area (Å²) in [7, 11) is 0. The van der Waals surface area contributed by atoms with Crippen LogP contribution >= 0.6 is 0 Å². The normalized spacial score (nSPS) is 12.7. The predicted octanol–water partition coefficient (Wildman–Crippen LogP) is 5.85. The Morgan fingerprint density at radius 3 is 2.25 bits per heavy atom. The third kappa shape index (κ3) is 7.74. The van der Waals surface area contributed by atoms with E-state index in [-0.39, 0.29) is 0 Å². The Bertz CT molecular complexity index is 294. The first-order valence-electron chi connectivity index (χ1n) is 8.65. The highest BCUT2D eigenvalue weighted by molar-refractivity contribution is 5.04. The van der Waals surface area contributed by atoms with Gasteiger partial charge in [0, 0.05) is 0 Å². The zero-order valence-electron chi connectivity index (χ0n) is 13.5. The lowest BCUT2D eigenvalue weighted by Crippen LogP contribution is -2.21. The summed E-state index contributed by atoms with van der Waals surface area (Å²) in [5.41, 5.74) is 0. The average molecular weight is 279 g/mol. The van der Waals surface area contributed by atoms with E-state index in [4.69, 9.17) is 4.42 Å². The number of hydrogen-bond donors (Lipinski definition) is 1. The molecule has 0 amide bonds. The van der Waals surface area contributed by atoms with Crippen LogP contribution in [0.1, 0.15) is 89.9 Å². The van der Waals surface area contributed by atoms with E-state index in [1.54, 1.807) is 6.26 Å².